The summed E-state index contributed by atoms with van der Waals surface area (Å²) in [7, 11) is 2.83. The topological polar surface area (TPSA) is 76.6 Å². The third kappa shape index (κ3) is 3.01. The molecule has 7 nitrogen and oxygen atoms in total. The highest BCUT2D eigenvalue weighted by molar-refractivity contribution is 6.04. The van der Waals surface area contributed by atoms with Crippen molar-refractivity contribution in [2.75, 3.05) is 20.7 Å². The maximum absolute atomic E-state index is 13.6. The predicted octanol–water partition coefficient (Wildman–Crippen LogP) is 1.80. The van der Waals surface area contributed by atoms with E-state index in [1.807, 2.05) is 0 Å². The molecule has 1 aliphatic heterocycles. The third-order valence-electron chi connectivity index (χ3n) is 2.78. The second-order valence-electron chi connectivity index (χ2n) is 4.68. The fraction of sp³-hybridized carbons (Fsp3) is 0.462. The number of hydrogen-bond donors (Lipinski definition) is 0. The van der Waals surface area contributed by atoms with Crippen molar-refractivity contribution in [2.45, 2.75) is 18.8 Å². The first-order valence-corrected chi connectivity index (χ1v) is 6.54. The van der Waals surface area contributed by atoms with Gasteiger partial charge >= 0.3 is 17.8 Å². The number of alkyl halides is 3. The van der Waals surface area contributed by atoms with Crippen molar-refractivity contribution in [1.82, 2.24) is 4.90 Å². The van der Waals surface area contributed by atoms with Crippen LogP contribution in [0.2, 0.25) is 0 Å². The average Bonchev–Trinajstić information content (AvgIpc) is 2.99. The van der Waals surface area contributed by atoms with Crippen molar-refractivity contribution in [1.29, 1.82) is 0 Å². The Bertz CT molecular complexity index is 637. The molecule has 1 aromatic rings. The summed E-state index contributed by atoms with van der Waals surface area (Å²) in [5.74, 6) is -2.23. The molecule has 0 aromatic carbocycles. The highest BCUT2D eigenvalue weighted by Crippen LogP contribution is 2.39. The van der Waals surface area contributed by atoms with Gasteiger partial charge in [-0.3, -0.25) is 0 Å². The number of ether oxygens (including phenoxy) is 2. The molecule has 2 heterocycles. The predicted molar refractivity (Wildman–Crippen MR) is 72.9 cm³/mol. The Hall–Kier alpha value is -2.52. The number of carbonyl (C=O) groups is 1. The summed E-state index contributed by atoms with van der Waals surface area (Å²) in [6.07, 6.45) is -3.88. The Morgan fingerprint density at radius 3 is 2.57 bits per heavy atom. The van der Waals surface area contributed by atoms with Crippen LogP contribution in [-0.2, 0) is 14.3 Å². The molecule has 0 aliphatic carbocycles. The molecular formula is C13H14F3N3O4. The Morgan fingerprint density at radius 2 is 2.09 bits per heavy atom. The molecule has 1 unspecified atom stereocenters. The lowest BCUT2D eigenvalue weighted by atomic mass is 10.1. The number of carbonyl (C=O) groups excluding carboxylic acids is 1. The summed E-state index contributed by atoms with van der Waals surface area (Å²) in [6, 6.07) is 2.35. The molecule has 0 radical (unpaired) electrons. The van der Waals surface area contributed by atoms with Gasteiger partial charge in [0.1, 0.15) is 0 Å². The van der Waals surface area contributed by atoms with Gasteiger partial charge in [0.2, 0.25) is 0 Å². The number of esters is 1. The minimum Gasteiger partial charge on any atom is -0.462 e. The Balaban J connectivity index is 2.63. The zero-order chi connectivity index (χ0) is 17.3. The zero-order valence-corrected chi connectivity index (χ0v) is 12.5. The van der Waals surface area contributed by atoms with Crippen LogP contribution in [0.15, 0.2) is 32.8 Å². The largest absolute Gasteiger partial charge is 0.462 e. The number of aliphatic imine (C=N–C) groups is 2. The van der Waals surface area contributed by atoms with E-state index in [9.17, 15) is 18.0 Å². The van der Waals surface area contributed by atoms with Gasteiger partial charge in [-0.25, -0.2) is 4.79 Å². The van der Waals surface area contributed by atoms with Crippen LogP contribution in [0, 0.1) is 0 Å². The second kappa shape index (κ2) is 5.94. The van der Waals surface area contributed by atoms with Gasteiger partial charge in [-0.05, 0) is 19.1 Å². The highest BCUT2D eigenvalue weighted by atomic mass is 19.4. The van der Waals surface area contributed by atoms with E-state index >= 15 is 0 Å². The molecule has 0 fully saturated rings. The van der Waals surface area contributed by atoms with Crippen LogP contribution in [-0.4, -0.2) is 55.3 Å². The van der Waals surface area contributed by atoms with E-state index in [1.54, 1.807) is 0 Å². The molecule has 1 aliphatic rings. The van der Waals surface area contributed by atoms with Gasteiger partial charge in [0.15, 0.2) is 5.76 Å². The smallest absolute Gasteiger partial charge is 0.446 e. The summed E-state index contributed by atoms with van der Waals surface area (Å²) >= 11 is 0. The monoisotopic (exact) mass is 333 g/mol. The normalized spacial score (nSPS) is 21.1. The lowest BCUT2D eigenvalue weighted by molar-refractivity contribution is -0.204. The lowest BCUT2D eigenvalue weighted by Gasteiger charge is -2.31. The molecule has 23 heavy (non-hydrogen) atoms. The fourth-order valence-electron chi connectivity index (χ4n) is 1.70. The van der Waals surface area contributed by atoms with Gasteiger partial charge in [0, 0.05) is 14.1 Å². The van der Waals surface area contributed by atoms with Crippen molar-refractivity contribution in [3.8, 4) is 0 Å². The summed E-state index contributed by atoms with van der Waals surface area (Å²) < 4.78 is 55.5. The van der Waals surface area contributed by atoms with E-state index in [1.165, 1.54) is 44.3 Å². The highest BCUT2D eigenvalue weighted by Gasteiger charge is 2.65. The maximum Gasteiger partial charge on any atom is 0.446 e. The minimum atomic E-state index is -5.12. The van der Waals surface area contributed by atoms with Crippen LogP contribution in [0.1, 0.15) is 12.7 Å². The first-order valence-electron chi connectivity index (χ1n) is 6.54. The first-order chi connectivity index (χ1) is 10.7. The summed E-state index contributed by atoms with van der Waals surface area (Å²) in [6.45, 7) is 1.13. The SMILES string of the molecule is CCOC(=O)C1(C(F)(F)F)N=C(c2ccco2)OC(N(C)C)=N1. The Labute approximate surface area is 129 Å². The third-order valence-corrected chi connectivity index (χ3v) is 2.78. The van der Waals surface area contributed by atoms with Crippen LogP contribution in [0.4, 0.5) is 13.2 Å². The fourth-order valence-corrected chi connectivity index (χ4v) is 1.70. The van der Waals surface area contributed by atoms with Crippen LogP contribution < -0.4 is 0 Å². The summed E-state index contributed by atoms with van der Waals surface area (Å²) in [5.41, 5.74) is -3.44. The molecule has 2 rings (SSSR count). The molecule has 0 saturated carbocycles. The van der Waals surface area contributed by atoms with Crippen molar-refractivity contribution >= 4 is 17.9 Å². The van der Waals surface area contributed by atoms with Crippen LogP contribution in [0.5, 0.6) is 0 Å². The minimum absolute atomic E-state index is 0.0721. The number of nitrogens with zero attached hydrogens (tertiary/aromatic N) is 3. The van der Waals surface area contributed by atoms with E-state index in [-0.39, 0.29) is 12.4 Å². The van der Waals surface area contributed by atoms with E-state index in [0.717, 1.165) is 0 Å². The maximum atomic E-state index is 13.6. The standard InChI is InChI=1S/C13H14F3N3O4/c1-4-21-10(20)12(13(14,15)16)17-9(8-6-5-7-22-8)23-11(18-12)19(2)3/h5-7H,4H2,1-3H3. The quantitative estimate of drug-likeness (QED) is 0.788. The van der Waals surface area contributed by atoms with Gasteiger partial charge in [0.25, 0.3) is 11.9 Å². The number of furan rings is 1. The van der Waals surface area contributed by atoms with Crippen molar-refractivity contribution < 1.29 is 31.9 Å². The van der Waals surface area contributed by atoms with Crippen LogP contribution in [0.3, 0.4) is 0 Å². The Kier molecular flexibility index (Phi) is 4.35. The number of amidine groups is 1. The van der Waals surface area contributed by atoms with Crippen molar-refractivity contribution in [3.05, 3.63) is 24.2 Å². The molecule has 0 spiro atoms. The van der Waals surface area contributed by atoms with Gasteiger partial charge in [0.05, 0.1) is 12.9 Å². The molecule has 126 valence electrons. The van der Waals surface area contributed by atoms with Crippen LogP contribution in [0.25, 0.3) is 0 Å². The molecule has 10 heteroatoms. The summed E-state index contributed by atoms with van der Waals surface area (Å²) in [5, 5.41) is 0. The average molecular weight is 333 g/mol. The molecule has 1 atom stereocenters. The molecule has 0 bridgehead atoms. The Morgan fingerprint density at radius 1 is 1.39 bits per heavy atom. The lowest BCUT2D eigenvalue weighted by Crippen LogP contribution is -2.54. The number of rotatable bonds is 3. The van der Waals surface area contributed by atoms with Gasteiger partial charge in [-0.15, -0.1) is 0 Å². The molecule has 0 saturated heterocycles. The zero-order valence-electron chi connectivity index (χ0n) is 12.5. The molecular weight excluding hydrogens is 319 g/mol. The van der Waals surface area contributed by atoms with E-state index in [4.69, 9.17) is 9.15 Å². The second-order valence-corrected chi connectivity index (χ2v) is 4.68. The van der Waals surface area contributed by atoms with Crippen molar-refractivity contribution in [3.63, 3.8) is 0 Å². The van der Waals surface area contributed by atoms with E-state index in [0.29, 0.717) is 0 Å². The van der Waals surface area contributed by atoms with Gasteiger partial charge < -0.3 is 18.8 Å². The summed E-state index contributed by atoms with van der Waals surface area (Å²) in [4.78, 5) is 19.9. The van der Waals surface area contributed by atoms with Gasteiger partial charge in [-0.1, -0.05) is 0 Å². The van der Waals surface area contributed by atoms with E-state index in [2.05, 4.69) is 14.7 Å². The number of hydrogen-bond acceptors (Lipinski definition) is 7. The van der Waals surface area contributed by atoms with Crippen molar-refractivity contribution in [2.24, 2.45) is 9.98 Å². The first kappa shape index (κ1) is 16.8. The molecule has 0 amide bonds. The van der Waals surface area contributed by atoms with Gasteiger partial charge in [-0.2, -0.15) is 23.2 Å². The van der Waals surface area contributed by atoms with Crippen LogP contribution >= 0.6 is 0 Å². The van der Waals surface area contributed by atoms with E-state index < -0.39 is 29.7 Å². The molecule has 0 N–H and O–H groups in total. The molecule has 1 aromatic heterocycles. The number of halogens is 3.